The topological polar surface area (TPSA) is 0 Å². The minimum Gasteiger partial charge on any atom is -0.0619 e. The Kier molecular flexibility index (Phi) is 3.56. The minimum absolute atomic E-state index is 0.607. The van der Waals surface area contributed by atoms with Gasteiger partial charge in [0, 0.05) is 5.92 Å². The molecule has 2 aliphatic rings. The van der Waals surface area contributed by atoms with Crippen LogP contribution >= 0.6 is 0 Å². The van der Waals surface area contributed by atoms with Crippen molar-refractivity contribution in [3.05, 3.63) is 59.2 Å². The lowest BCUT2D eigenvalue weighted by Crippen LogP contribution is -2.17. The zero-order valence-electron chi connectivity index (χ0n) is 13.8. The lowest BCUT2D eigenvalue weighted by Gasteiger charge is -2.30. The van der Waals surface area contributed by atoms with Crippen molar-refractivity contribution in [1.82, 2.24) is 0 Å². The van der Waals surface area contributed by atoms with Crippen molar-refractivity contribution in [2.45, 2.75) is 57.8 Å². The summed E-state index contributed by atoms with van der Waals surface area (Å²) in [6, 6.07) is 16.1. The van der Waals surface area contributed by atoms with Crippen molar-refractivity contribution >= 4 is 0 Å². The van der Waals surface area contributed by atoms with Gasteiger partial charge in [-0.1, -0.05) is 75.6 Å². The molecular weight excluding hydrogens is 264 g/mol. The average Bonchev–Trinajstić information content (AvgIpc) is 2.90. The molecule has 0 amide bonds. The van der Waals surface area contributed by atoms with Crippen LogP contribution in [0.3, 0.4) is 0 Å². The lowest BCUT2D eigenvalue weighted by molar-refractivity contribution is 0.329. The molecule has 0 saturated heterocycles. The summed E-state index contributed by atoms with van der Waals surface area (Å²) in [5.41, 5.74) is 7.83. The maximum absolute atomic E-state index is 2.39. The Labute approximate surface area is 134 Å². The average molecular weight is 290 g/mol. The van der Waals surface area contributed by atoms with Crippen molar-refractivity contribution < 1.29 is 0 Å². The monoisotopic (exact) mass is 290 g/mol. The normalized spacial score (nSPS) is 21.0. The van der Waals surface area contributed by atoms with E-state index in [1.807, 2.05) is 0 Å². The van der Waals surface area contributed by atoms with E-state index in [0.29, 0.717) is 11.8 Å². The van der Waals surface area contributed by atoms with Crippen LogP contribution in [-0.4, -0.2) is 0 Å². The molecule has 2 aliphatic carbocycles. The van der Waals surface area contributed by atoms with E-state index in [1.54, 1.807) is 16.7 Å². The summed E-state index contributed by atoms with van der Waals surface area (Å²) < 4.78 is 0. The van der Waals surface area contributed by atoms with Gasteiger partial charge in [-0.05, 0) is 52.5 Å². The van der Waals surface area contributed by atoms with Gasteiger partial charge in [0.25, 0.3) is 0 Å². The Morgan fingerprint density at radius 1 is 0.818 bits per heavy atom. The predicted molar refractivity (Wildman–Crippen MR) is 94.4 cm³/mol. The van der Waals surface area contributed by atoms with E-state index in [2.05, 4.69) is 56.3 Å². The van der Waals surface area contributed by atoms with Crippen molar-refractivity contribution in [2.24, 2.45) is 5.92 Å². The summed E-state index contributed by atoms with van der Waals surface area (Å²) in [5, 5.41) is 0. The number of benzene rings is 2. The summed E-state index contributed by atoms with van der Waals surface area (Å²) in [6.45, 7) is 4.69. The smallest absolute Gasteiger partial charge is 0.0133 e. The molecule has 2 aromatic carbocycles. The van der Waals surface area contributed by atoms with Crippen molar-refractivity contribution in [3.8, 4) is 11.1 Å². The third-order valence-electron chi connectivity index (χ3n) is 5.78. The third kappa shape index (κ3) is 2.12. The standard InChI is InChI=1S/C22H26/c1-15(2)17-13-8-14-20-18-11-6-7-12-19(18)21(22(17)20)16-9-4-3-5-10-16/h6-8,11-16,21H,3-5,9-10H2,1-2H3. The van der Waals surface area contributed by atoms with Crippen LogP contribution in [0.2, 0.25) is 0 Å². The number of hydrogen-bond donors (Lipinski definition) is 0. The van der Waals surface area contributed by atoms with Gasteiger partial charge in [0.1, 0.15) is 0 Å². The molecule has 1 atom stereocenters. The Balaban J connectivity index is 1.91. The van der Waals surface area contributed by atoms with Crippen LogP contribution in [0.5, 0.6) is 0 Å². The first kappa shape index (κ1) is 14.1. The largest absolute Gasteiger partial charge is 0.0619 e. The Hall–Kier alpha value is -1.56. The van der Waals surface area contributed by atoms with Gasteiger partial charge in [0.05, 0.1) is 0 Å². The number of rotatable bonds is 2. The molecule has 0 aromatic heterocycles. The molecule has 0 heteroatoms. The Bertz CT molecular complexity index is 674. The summed E-state index contributed by atoms with van der Waals surface area (Å²) in [4.78, 5) is 0. The van der Waals surface area contributed by atoms with Crippen LogP contribution in [0, 0.1) is 5.92 Å². The Morgan fingerprint density at radius 2 is 1.55 bits per heavy atom. The fraction of sp³-hybridized carbons (Fsp3) is 0.455. The molecule has 114 valence electrons. The lowest BCUT2D eigenvalue weighted by atomic mass is 9.74. The molecule has 4 rings (SSSR count). The first-order valence-corrected chi connectivity index (χ1v) is 8.99. The van der Waals surface area contributed by atoms with Crippen LogP contribution in [0.25, 0.3) is 11.1 Å². The SMILES string of the molecule is CC(C)c1cccc2c1C(C1CCCCC1)c1ccccc1-2. The molecule has 1 unspecified atom stereocenters. The van der Waals surface area contributed by atoms with E-state index in [9.17, 15) is 0 Å². The highest BCUT2D eigenvalue weighted by molar-refractivity contribution is 5.80. The van der Waals surface area contributed by atoms with E-state index >= 15 is 0 Å². The van der Waals surface area contributed by atoms with Gasteiger partial charge in [-0.3, -0.25) is 0 Å². The van der Waals surface area contributed by atoms with E-state index < -0.39 is 0 Å². The molecule has 0 heterocycles. The maximum atomic E-state index is 2.39. The summed E-state index contributed by atoms with van der Waals surface area (Å²) >= 11 is 0. The summed E-state index contributed by atoms with van der Waals surface area (Å²) in [6.07, 6.45) is 7.09. The van der Waals surface area contributed by atoms with E-state index in [-0.39, 0.29) is 0 Å². The molecule has 0 aliphatic heterocycles. The fourth-order valence-electron chi connectivity index (χ4n) is 4.79. The molecule has 0 radical (unpaired) electrons. The van der Waals surface area contributed by atoms with E-state index in [0.717, 1.165) is 5.92 Å². The second-order valence-corrected chi connectivity index (χ2v) is 7.43. The Morgan fingerprint density at radius 3 is 2.32 bits per heavy atom. The van der Waals surface area contributed by atoms with Gasteiger partial charge >= 0.3 is 0 Å². The molecule has 1 saturated carbocycles. The predicted octanol–water partition coefficient (Wildman–Crippen LogP) is 6.50. The van der Waals surface area contributed by atoms with Crippen LogP contribution < -0.4 is 0 Å². The zero-order valence-corrected chi connectivity index (χ0v) is 13.8. The van der Waals surface area contributed by atoms with Gasteiger partial charge in [-0.2, -0.15) is 0 Å². The summed E-state index contributed by atoms with van der Waals surface area (Å²) in [7, 11) is 0. The van der Waals surface area contributed by atoms with Crippen molar-refractivity contribution in [2.75, 3.05) is 0 Å². The molecular formula is C22H26. The van der Waals surface area contributed by atoms with Gasteiger partial charge < -0.3 is 0 Å². The van der Waals surface area contributed by atoms with Crippen LogP contribution in [0.15, 0.2) is 42.5 Å². The molecule has 0 nitrogen and oxygen atoms in total. The number of fused-ring (bicyclic) bond motifs is 3. The molecule has 1 fully saturated rings. The highest BCUT2D eigenvalue weighted by Crippen LogP contribution is 2.53. The highest BCUT2D eigenvalue weighted by atomic mass is 14.4. The maximum Gasteiger partial charge on any atom is 0.0133 e. The highest BCUT2D eigenvalue weighted by Gasteiger charge is 2.36. The molecule has 22 heavy (non-hydrogen) atoms. The molecule has 2 aromatic rings. The van der Waals surface area contributed by atoms with E-state index in [4.69, 9.17) is 0 Å². The van der Waals surface area contributed by atoms with Crippen LogP contribution in [0.4, 0.5) is 0 Å². The quantitative estimate of drug-likeness (QED) is 0.592. The molecule has 0 bridgehead atoms. The van der Waals surface area contributed by atoms with Crippen LogP contribution in [0.1, 0.15) is 74.5 Å². The first-order chi connectivity index (χ1) is 10.8. The zero-order chi connectivity index (χ0) is 15.1. The van der Waals surface area contributed by atoms with E-state index in [1.165, 1.54) is 43.2 Å². The first-order valence-electron chi connectivity index (χ1n) is 8.99. The van der Waals surface area contributed by atoms with Gasteiger partial charge in [0.15, 0.2) is 0 Å². The molecule has 0 N–H and O–H groups in total. The molecule has 0 spiro atoms. The fourth-order valence-corrected chi connectivity index (χ4v) is 4.79. The third-order valence-corrected chi connectivity index (χ3v) is 5.78. The van der Waals surface area contributed by atoms with Gasteiger partial charge in [0.2, 0.25) is 0 Å². The van der Waals surface area contributed by atoms with Crippen molar-refractivity contribution in [1.29, 1.82) is 0 Å². The number of hydrogen-bond acceptors (Lipinski definition) is 0. The minimum atomic E-state index is 0.607. The van der Waals surface area contributed by atoms with Gasteiger partial charge in [-0.15, -0.1) is 0 Å². The second kappa shape index (κ2) is 5.57. The van der Waals surface area contributed by atoms with Crippen LogP contribution in [-0.2, 0) is 0 Å². The summed E-state index contributed by atoms with van der Waals surface area (Å²) in [5.74, 6) is 2.09. The second-order valence-electron chi connectivity index (χ2n) is 7.43. The van der Waals surface area contributed by atoms with Crippen molar-refractivity contribution in [3.63, 3.8) is 0 Å². The van der Waals surface area contributed by atoms with Gasteiger partial charge in [-0.25, -0.2) is 0 Å².